The Morgan fingerprint density at radius 2 is 1.69 bits per heavy atom. The molecule has 2 aromatic rings. The first-order chi connectivity index (χ1) is 16.5. The van der Waals surface area contributed by atoms with Crippen molar-refractivity contribution >= 4 is 27.5 Å². The summed E-state index contributed by atoms with van der Waals surface area (Å²) in [4.78, 5) is 28.4. The van der Waals surface area contributed by atoms with E-state index in [1.165, 1.54) is 4.90 Å². The largest absolute Gasteiger partial charge is 0.352 e. The molecule has 0 spiro atoms. The Labute approximate surface area is 210 Å². The lowest BCUT2D eigenvalue weighted by atomic mass is 10.1. The third-order valence-electron chi connectivity index (χ3n) is 6.14. The number of sulfonamides is 1. The molecular weight excluding hydrogens is 462 g/mol. The van der Waals surface area contributed by atoms with Gasteiger partial charge in [0.05, 0.1) is 11.9 Å². The van der Waals surface area contributed by atoms with E-state index in [4.69, 9.17) is 0 Å². The van der Waals surface area contributed by atoms with E-state index in [2.05, 4.69) is 5.32 Å². The van der Waals surface area contributed by atoms with Gasteiger partial charge in [-0.1, -0.05) is 68.8 Å². The number of benzene rings is 2. The topological polar surface area (TPSA) is 86.8 Å². The van der Waals surface area contributed by atoms with E-state index in [0.29, 0.717) is 18.5 Å². The number of hydrogen-bond acceptors (Lipinski definition) is 4. The van der Waals surface area contributed by atoms with E-state index < -0.39 is 22.0 Å². The number of carbonyl (C=O) groups is 2. The predicted molar refractivity (Wildman–Crippen MR) is 142 cm³/mol. The molecule has 0 bridgehead atoms. The van der Waals surface area contributed by atoms with Gasteiger partial charge in [0, 0.05) is 12.6 Å². The summed E-state index contributed by atoms with van der Waals surface area (Å²) in [6.07, 6.45) is 2.90. The molecule has 0 heterocycles. The van der Waals surface area contributed by atoms with Crippen molar-refractivity contribution in [2.75, 3.05) is 17.1 Å². The molecule has 0 fully saturated rings. The molecule has 2 aromatic carbocycles. The van der Waals surface area contributed by atoms with Gasteiger partial charge in [0.1, 0.15) is 12.6 Å². The third-order valence-corrected chi connectivity index (χ3v) is 7.27. The number of nitrogens with one attached hydrogen (secondary N) is 1. The molecule has 0 aliphatic rings. The van der Waals surface area contributed by atoms with Crippen LogP contribution in [-0.2, 0) is 32.6 Å². The molecule has 2 amide bonds. The van der Waals surface area contributed by atoms with Crippen molar-refractivity contribution in [3.63, 3.8) is 0 Å². The Morgan fingerprint density at radius 1 is 1.00 bits per heavy atom. The summed E-state index contributed by atoms with van der Waals surface area (Å²) in [5.41, 5.74) is 3.24. The van der Waals surface area contributed by atoms with Crippen LogP contribution in [0.15, 0.2) is 48.5 Å². The summed E-state index contributed by atoms with van der Waals surface area (Å²) in [5, 5.41) is 2.98. The predicted octanol–water partition coefficient (Wildman–Crippen LogP) is 4.05. The van der Waals surface area contributed by atoms with Gasteiger partial charge in [-0.3, -0.25) is 13.9 Å². The Balaban J connectivity index is 2.48. The zero-order chi connectivity index (χ0) is 26.2. The van der Waals surface area contributed by atoms with E-state index in [-0.39, 0.29) is 25.0 Å². The van der Waals surface area contributed by atoms with Crippen molar-refractivity contribution < 1.29 is 18.0 Å². The van der Waals surface area contributed by atoms with E-state index >= 15 is 0 Å². The highest BCUT2D eigenvalue weighted by Crippen LogP contribution is 2.24. The van der Waals surface area contributed by atoms with Gasteiger partial charge in [-0.25, -0.2) is 8.42 Å². The highest BCUT2D eigenvalue weighted by Gasteiger charge is 2.32. The Morgan fingerprint density at radius 3 is 2.26 bits per heavy atom. The van der Waals surface area contributed by atoms with Gasteiger partial charge in [0.15, 0.2) is 0 Å². The molecule has 2 rings (SSSR count). The van der Waals surface area contributed by atoms with Crippen molar-refractivity contribution in [1.82, 2.24) is 10.2 Å². The zero-order valence-corrected chi connectivity index (χ0v) is 22.6. The van der Waals surface area contributed by atoms with Crippen LogP contribution >= 0.6 is 0 Å². The summed E-state index contributed by atoms with van der Waals surface area (Å²) in [7, 11) is -3.75. The van der Waals surface area contributed by atoms with Crippen LogP contribution in [0.5, 0.6) is 0 Å². The van der Waals surface area contributed by atoms with Crippen LogP contribution in [0, 0.1) is 6.92 Å². The summed E-state index contributed by atoms with van der Waals surface area (Å²) >= 11 is 0. The number of hydrogen-bond donors (Lipinski definition) is 1. The van der Waals surface area contributed by atoms with Crippen LogP contribution in [-0.4, -0.2) is 50.0 Å². The van der Waals surface area contributed by atoms with Gasteiger partial charge >= 0.3 is 0 Å². The van der Waals surface area contributed by atoms with Gasteiger partial charge in [-0.2, -0.15) is 0 Å². The highest BCUT2D eigenvalue weighted by molar-refractivity contribution is 7.92. The smallest absolute Gasteiger partial charge is 0.244 e. The minimum absolute atomic E-state index is 0.0311. The van der Waals surface area contributed by atoms with E-state index in [9.17, 15) is 18.0 Å². The number of aryl methyl sites for hydroxylation is 2. The second-order valence-corrected chi connectivity index (χ2v) is 10.9. The van der Waals surface area contributed by atoms with Crippen LogP contribution < -0.4 is 9.62 Å². The van der Waals surface area contributed by atoms with Crippen LogP contribution in [0.3, 0.4) is 0 Å². The van der Waals surface area contributed by atoms with Crippen molar-refractivity contribution in [3.05, 3.63) is 65.2 Å². The van der Waals surface area contributed by atoms with E-state index in [1.807, 2.05) is 71.0 Å². The highest BCUT2D eigenvalue weighted by atomic mass is 32.2. The molecule has 7 nitrogen and oxygen atoms in total. The minimum Gasteiger partial charge on any atom is -0.352 e. The van der Waals surface area contributed by atoms with Gasteiger partial charge in [-0.05, 0) is 50.3 Å². The zero-order valence-electron chi connectivity index (χ0n) is 21.7. The van der Waals surface area contributed by atoms with E-state index in [1.54, 1.807) is 12.1 Å². The van der Waals surface area contributed by atoms with Gasteiger partial charge in [-0.15, -0.1) is 0 Å². The molecule has 1 N–H and O–H groups in total. The monoisotopic (exact) mass is 501 g/mol. The Hall–Kier alpha value is -2.87. The normalized spacial score (nSPS) is 13.1. The Bertz CT molecular complexity index is 1120. The van der Waals surface area contributed by atoms with E-state index in [0.717, 1.165) is 33.7 Å². The van der Waals surface area contributed by atoms with Crippen LogP contribution in [0.4, 0.5) is 5.69 Å². The quantitative estimate of drug-likeness (QED) is 0.475. The molecule has 0 aromatic heterocycles. The first-order valence-electron chi connectivity index (χ1n) is 12.2. The van der Waals surface area contributed by atoms with Gasteiger partial charge in [0.2, 0.25) is 21.8 Å². The number of carbonyl (C=O) groups excluding carboxylic acids is 2. The van der Waals surface area contributed by atoms with Crippen molar-refractivity contribution in [2.45, 2.75) is 72.5 Å². The van der Waals surface area contributed by atoms with Crippen LogP contribution in [0.2, 0.25) is 0 Å². The lowest BCUT2D eigenvalue weighted by Gasteiger charge is -2.33. The summed E-state index contributed by atoms with van der Waals surface area (Å²) < 4.78 is 26.7. The minimum atomic E-state index is -3.75. The number of para-hydroxylation sites is 1. The second kappa shape index (κ2) is 12.7. The summed E-state index contributed by atoms with van der Waals surface area (Å²) in [6.45, 7) is 9.50. The fourth-order valence-electron chi connectivity index (χ4n) is 4.02. The van der Waals surface area contributed by atoms with Crippen molar-refractivity contribution in [3.8, 4) is 0 Å². The molecule has 35 heavy (non-hydrogen) atoms. The maximum Gasteiger partial charge on any atom is 0.244 e. The van der Waals surface area contributed by atoms with Gasteiger partial charge < -0.3 is 10.2 Å². The average Bonchev–Trinajstić information content (AvgIpc) is 2.81. The molecule has 0 saturated carbocycles. The summed E-state index contributed by atoms with van der Waals surface area (Å²) in [6, 6.07) is 14.2. The lowest BCUT2D eigenvalue weighted by Crippen LogP contribution is -2.53. The molecule has 0 aliphatic heterocycles. The standard InChI is InChI=1S/C27H39N3O4S/c1-7-21(5)28-27(32)24(9-3)29(18-22-14-12-13-20(4)17-22)26(31)19-30(35(6,33)34)25-16-11-10-15-23(25)8-2/h10-17,21,24H,7-9,18-19H2,1-6H3,(H,28,32)/t21-,24+/m1/s1. The molecular formula is C27H39N3O4S. The maximum absolute atomic E-state index is 13.8. The Kier molecular flexibility index (Phi) is 10.3. The number of nitrogens with zero attached hydrogens (tertiary/aromatic N) is 2. The third kappa shape index (κ3) is 7.82. The first-order valence-corrected chi connectivity index (χ1v) is 14.1. The van der Waals surface area contributed by atoms with Crippen molar-refractivity contribution in [2.24, 2.45) is 0 Å². The molecule has 0 unspecified atom stereocenters. The molecule has 0 aliphatic carbocycles. The van der Waals surface area contributed by atoms with Gasteiger partial charge in [0.25, 0.3) is 0 Å². The van der Waals surface area contributed by atoms with Crippen molar-refractivity contribution in [1.29, 1.82) is 0 Å². The fourth-order valence-corrected chi connectivity index (χ4v) is 4.90. The van der Waals surface area contributed by atoms with Crippen LogP contribution in [0.1, 0.15) is 57.2 Å². The molecule has 0 saturated heterocycles. The fraction of sp³-hybridized carbons (Fsp3) is 0.481. The SMILES string of the molecule is CCc1ccccc1N(CC(=O)N(Cc1cccc(C)c1)[C@@H](CC)C(=O)N[C@H](C)CC)S(C)(=O)=O. The number of anilines is 1. The lowest BCUT2D eigenvalue weighted by molar-refractivity contribution is -0.140. The molecule has 2 atom stereocenters. The van der Waals surface area contributed by atoms with Crippen LogP contribution in [0.25, 0.3) is 0 Å². The molecule has 8 heteroatoms. The average molecular weight is 502 g/mol. The molecule has 0 radical (unpaired) electrons. The molecule has 192 valence electrons. The summed E-state index contributed by atoms with van der Waals surface area (Å²) in [5.74, 6) is -0.656. The number of amides is 2. The maximum atomic E-state index is 13.8. The number of rotatable bonds is 12. The second-order valence-electron chi connectivity index (χ2n) is 9.00. The first kappa shape index (κ1) is 28.4.